The number of nitrogen functional groups attached to an aromatic ring is 1. The molecule has 35 heavy (non-hydrogen) atoms. The van der Waals surface area contributed by atoms with Crippen molar-refractivity contribution in [1.29, 1.82) is 0 Å². The molecule has 4 atom stereocenters. The minimum absolute atomic E-state index is 0.0159. The Morgan fingerprint density at radius 2 is 1.94 bits per heavy atom. The van der Waals surface area contributed by atoms with Crippen LogP contribution in [0.2, 0.25) is 0 Å². The van der Waals surface area contributed by atoms with E-state index in [2.05, 4.69) is 18.8 Å². The molecule has 3 rings (SSSR count). The van der Waals surface area contributed by atoms with Crippen LogP contribution in [-0.2, 0) is 20.9 Å². The van der Waals surface area contributed by atoms with Crippen LogP contribution in [-0.4, -0.2) is 59.1 Å². The van der Waals surface area contributed by atoms with Crippen molar-refractivity contribution < 1.29 is 14.3 Å². The fraction of sp³-hybridized carbons (Fsp3) is 0.760. The van der Waals surface area contributed by atoms with Crippen LogP contribution in [0.15, 0.2) is 9.59 Å². The zero-order valence-electron chi connectivity index (χ0n) is 21.7. The number of hydrogen-bond acceptors (Lipinski definition) is 6. The number of nitrogens with two attached hydrogens (primary N) is 1. The lowest BCUT2D eigenvalue weighted by atomic mass is 9.77. The topological polar surface area (TPSA) is 131 Å². The Kier molecular flexibility index (Phi) is 8.79. The van der Waals surface area contributed by atoms with Crippen LogP contribution in [0.5, 0.6) is 0 Å². The van der Waals surface area contributed by atoms with Crippen molar-refractivity contribution in [1.82, 2.24) is 14.5 Å². The van der Waals surface area contributed by atoms with E-state index in [-0.39, 0.29) is 48.2 Å². The van der Waals surface area contributed by atoms with Gasteiger partial charge in [-0.05, 0) is 30.6 Å². The first-order valence-electron chi connectivity index (χ1n) is 12.8. The lowest BCUT2D eigenvalue weighted by Crippen LogP contribution is -2.47. The summed E-state index contributed by atoms with van der Waals surface area (Å²) in [7, 11) is 1.57. The predicted molar refractivity (Wildman–Crippen MR) is 135 cm³/mol. The SMILES string of the molecule is COCCCN(C(=O)[C@@H]1CC(=O)N([C@@H]2CCC[C@H](C)[C@H]2C)C1)c1c(N)n(CC(C)C)c(=O)[nH]c1=O. The maximum atomic E-state index is 13.8. The van der Waals surface area contributed by atoms with Gasteiger partial charge in [-0.2, -0.15) is 0 Å². The Morgan fingerprint density at radius 3 is 2.60 bits per heavy atom. The van der Waals surface area contributed by atoms with Crippen LogP contribution in [0.3, 0.4) is 0 Å². The van der Waals surface area contributed by atoms with E-state index in [0.717, 1.165) is 19.3 Å². The van der Waals surface area contributed by atoms with Crippen molar-refractivity contribution >= 4 is 23.3 Å². The highest BCUT2D eigenvalue weighted by Gasteiger charge is 2.43. The molecule has 2 amide bonds. The molecule has 0 unspecified atom stereocenters. The molecule has 0 aromatic carbocycles. The molecule has 0 spiro atoms. The summed E-state index contributed by atoms with van der Waals surface area (Å²) in [4.78, 5) is 57.7. The predicted octanol–water partition coefficient (Wildman–Crippen LogP) is 1.82. The standard InChI is InChI=1S/C25H41N5O5/c1-15(2)13-30-22(26)21(23(32)27-25(30)34)28(10-7-11-35-5)24(33)18-12-20(31)29(14-18)19-9-6-8-16(3)17(19)4/h15-19H,6-14,26H2,1-5H3,(H,27,32,34)/t16-,17+,18+,19+/m0/s1. The number of ether oxygens (including phenoxy) is 1. The minimum Gasteiger partial charge on any atom is -0.385 e. The molecule has 10 nitrogen and oxygen atoms in total. The van der Waals surface area contributed by atoms with Gasteiger partial charge in [0.2, 0.25) is 11.8 Å². The summed E-state index contributed by atoms with van der Waals surface area (Å²) >= 11 is 0. The second-order valence-corrected chi connectivity index (χ2v) is 10.6. The number of nitrogens with zero attached hydrogens (tertiary/aromatic N) is 3. The maximum Gasteiger partial charge on any atom is 0.330 e. The smallest absolute Gasteiger partial charge is 0.330 e. The highest BCUT2D eigenvalue weighted by molar-refractivity contribution is 6.00. The first-order chi connectivity index (χ1) is 16.6. The van der Waals surface area contributed by atoms with Gasteiger partial charge in [0.15, 0.2) is 5.69 Å². The third kappa shape index (κ3) is 5.79. The Bertz CT molecular complexity index is 1030. The third-order valence-electron chi connectivity index (χ3n) is 7.60. The molecule has 1 aromatic heterocycles. The zero-order chi connectivity index (χ0) is 25.9. The molecule has 1 aliphatic carbocycles. The number of anilines is 2. The van der Waals surface area contributed by atoms with Crippen molar-refractivity contribution in [2.24, 2.45) is 23.7 Å². The average Bonchev–Trinajstić information content (AvgIpc) is 3.18. The van der Waals surface area contributed by atoms with Gasteiger partial charge < -0.3 is 20.3 Å². The summed E-state index contributed by atoms with van der Waals surface area (Å²) in [5, 5.41) is 0. The quantitative estimate of drug-likeness (QED) is 0.507. The van der Waals surface area contributed by atoms with Crippen molar-refractivity contribution in [2.75, 3.05) is 37.4 Å². The van der Waals surface area contributed by atoms with Gasteiger partial charge >= 0.3 is 5.69 Å². The fourth-order valence-electron chi connectivity index (χ4n) is 5.52. The van der Waals surface area contributed by atoms with Gasteiger partial charge in [-0.1, -0.05) is 40.5 Å². The Balaban J connectivity index is 1.92. The van der Waals surface area contributed by atoms with Crippen molar-refractivity contribution in [3.05, 3.63) is 20.8 Å². The van der Waals surface area contributed by atoms with Gasteiger partial charge in [-0.15, -0.1) is 0 Å². The van der Waals surface area contributed by atoms with E-state index in [1.807, 2.05) is 18.7 Å². The van der Waals surface area contributed by atoms with Crippen LogP contribution in [0, 0.1) is 23.7 Å². The summed E-state index contributed by atoms with van der Waals surface area (Å²) in [5.74, 6) is 0.0676. The number of rotatable bonds is 9. The van der Waals surface area contributed by atoms with Crippen LogP contribution in [0.1, 0.15) is 59.8 Å². The number of carbonyl (C=O) groups excluding carboxylic acids is 2. The minimum atomic E-state index is -0.700. The van der Waals surface area contributed by atoms with Gasteiger partial charge in [-0.25, -0.2) is 4.79 Å². The summed E-state index contributed by atoms with van der Waals surface area (Å²) in [5.41, 5.74) is 4.99. The second kappa shape index (κ2) is 11.4. The number of methoxy groups -OCH3 is 1. The highest BCUT2D eigenvalue weighted by Crippen LogP contribution is 2.36. The summed E-state index contributed by atoms with van der Waals surface area (Å²) < 4.78 is 6.45. The average molecular weight is 492 g/mol. The Morgan fingerprint density at radius 1 is 1.23 bits per heavy atom. The molecule has 2 aliphatic rings. The monoisotopic (exact) mass is 491 g/mol. The van der Waals surface area contributed by atoms with E-state index in [0.29, 0.717) is 38.0 Å². The molecule has 10 heteroatoms. The number of hydrogen-bond donors (Lipinski definition) is 2. The lowest BCUT2D eigenvalue weighted by Gasteiger charge is -2.40. The molecular formula is C25H41N5O5. The Hall–Kier alpha value is -2.62. The number of amides is 2. The third-order valence-corrected chi connectivity index (χ3v) is 7.60. The largest absolute Gasteiger partial charge is 0.385 e. The molecular weight excluding hydrogens is 450 g/mol. The molecule has 0 bridgehead atoms. The van der Waals surface area contributed by atoms with Crippen molar-refractivity contribution in [2.45, 2.75) is 72.4 Å². The van der Waals surface area contributed by atoms with Crippen LogP contribution < -0.4 is 21.9 Å². The fourth-order valence-corrected chi connectivity index (χ4v) is 5.52. The van der Waals surface area contributed by atoms with E-state index in [1.54, 1.807) is 7.11 Å². The maximum absolute atomic E-state index is 13.8. The number of likely N-dealkylation sites (tertiary alicyclic amines) is 1. The van der Waals surface area contributed by atoms with Crippen LogP contribution in [0.4, 0.5) is 11.5 Å². The normalized spacial score (nSPS) is 24.9. The lowest BCUT2D eigenvalue weighted by molar-refractivity contribution is -0.132. The number of carbonyl (C=O) groups is 2. The molecule has 1 saturated carbocycles. The van der Waals surface area contributed by atoms with E-state index in [4.69, 9.17) is 10.5 Å². The van der Waals surface area contributed by atoms with E-state index in [1.165, 1.54) is 9.47 Å². The summed E-state index contributed by atoms with van der Waals surface area (Å²) in [6.45, 7) is 9.51. The molecule has 2 fully saturated rings. The first-order valence-corrected chi connectivity index (χ1v) is 12.8. The number of aromatic amines is 1. The number of aromatic nitrogens is 2. The molecule has 196 valence electrons. The van der Waals surface area contributed by atoms with E-state index >= 15 is 0 Å². The molecule has 1 saturated heterocycles. The number of nitrogens with one attached hydrogen (secondary N) is 1. The molecule has 0 radical (unpaired) electrons. The van der Waals surface area contributed by atoms with Crippen LogP contribution in [0.25, 0.3) is 0 Å². The number of H-pyrrole nitrogens is 1. The first kappa shape index (κ1) is 27.0. The molecule has 2 heterocycles. The molecule has 1 aliphatic heterocycles. The van der Waals surface area contributed by atoms with Gasteiger partial charge in [-0.3, -0.25) is 23.9 Å². The van der Waals surface area contributed by atoms with Crippen molar-refractivity contribution in [3.63, 3.8) is 0 Å². The molecule has 1 aromatic rings. The summed E-state index contributed by atoms with van der Waals surface area (Å²) in [6.07, 6.45) is 3.77. The van der Waals surface area contributed by atoms with Crippen molar-refractivity contribution in [3.8, 4) is 0 Å². The van der Waals surface area contributed by atoms with Gasteiger partial charge in [0.05, 0.1) is 5.92 Å². The van der Waals surface area contributed by atoms with E-state index < -0.39 is 17.2 Å². The molecule has 3 N–H and O–H groups in total. The van der Waals surface area contributed by atoms with E-state index in [9.17, 15) is 19.2 Å². The summed E-state index contributed by atoms with van der Waals surface area (Å²) in [6, 6.07) is 0.132. The van der Waals surface area contributed by atoms with Crippen LogP contribution >= 0.6 is 0 Å². The van der Waals surface area contributed by atoms with Gasteiger partial charge in [0, 0.05) is 45.8 Å². The van der Waals surface area contributed by atoms with Gasteiger partial charge in [0.25, 0.3) is 5.56 Å². The second-order valence-electron chi connectivity index (χ2n) is 10.6. The Labute approximate surface area is 206 Å². The highest BCUT2D eigenvalue weighted by atomic mass is 16.5. The van der Waals surface area contributed by atoms with Gasteiger partial charge in [0.1, 0.15) is 5.82 Å². The zero-order valence-corrected chi connectivity index (χ0v) is 21.7.